The summed E-state index contributed by atoms with van der Waals surface area (Å²) in [5.41, 5.74) is 13.8. The predicted molar refractivity (Wildman–Crippen MR) is 138 cm³/mol. The standard InChI is InChI=1S/C28H25F4N5O/c1-3-36(4-2)20-9-6-18(7-10-20)27-35-24-14-19(23(33)15-26(34)38)8-12-25(24)37(27)16-17-5-11-21(22(29)13-17)28(30,31)32/h3-14,23H,1-2,15-16,33H2,(H2,34,38). The summed E-state index contributed by atoms with van der Waals surface area (Å²) in [5.74, 6) is -1.38. The van der Waals surface area contributed by atoms with Gasteiger partial charge < -0.3 is 20.9 Å². The van der Waals surface area contributed by atoms with E-state index < -0.39 is 29.5 Å². The summed E-state index contributed by atoms with van der Waals surface area (Å²) in [6, 6.07) is 14.8. The maximum atomic E-state index is 14.3. The Morgan fingerprint density at radius 3 is 2.32 bits per heavy atom. The van der Waals surface area contributed by atoms with Gasteiger partial charge in [-0.1, -0.05) is 12.1 Å². The Bertz CT molecular complexity index is 1440. The molecule has 196 valence electrons. The Hall–Kier alpha value is -3.92. The van der Waals surface area contributed by atoms with Gasteiger partial charge in [-0.2, -0.15) is 13.2 Å². The summed E-state index contributed by atoms with van der Waals surface area (Å²) in [5, 5.41) is 0. The molecule has 10 heteroatoms. The number of rotatable bonds is 9. The summed E-state index contributed by atoms with van der Waals surface area (Å²) in [7, 11) is 0. The van der Waals surface area contributed by atoms with Crippen molar-refractivity contribution in [3.05, 3.63) is 110 Å². The summed E-state index contributed by atoms with van der Waals surface area (Å²) >= 11 is 0. The molecule has 3 aromatic carbocycles. The zero-order valence-electron chi connectivity index (χ0n) is 20.3. The number of alkyl halides is 3. The number of benzene rings is 3. The summed E-state index contributed by atoms with van der Waals surface area (Å²) in [6.07, 6.45) is -4.84. The van der Waals surface area contributed by atoms with Crippen molar-refractivity contribution < 1.29 is 22.4 Å². The first kappa shape index (κ1) is 27.1. The van der Waals surface area contributed by atoms with E-state index in [9.17, 15) is 22.4 Å². The van der Waals surface area contributed by atoms with Crippen LogP contribution in [0, 0.1) is 32.8 Å². The average Bonchev–Trinajstić information content (AvgIpc) is 3.21. The first-order chi connectivity index (χ1) is 18.0. The van der Waals surface area contributed by atoms with E-state index in [0.717, 1.165) is 17.8 Å². The van der Waals surface area contributed by atoms with Crippen molar-refractivity contribution in [1.82, 2.24) is 9.55 Å². The summed E-state index contributed by atoms with van der Waals surface area (Å²) in [6.45, 7) is 10.8. The van der Waals surface area contributed by atoms with E-state index in [1.807, 2.05) is 24.3 Å². The van der Waals surface area contributed by atoms with Crippen molar-refractivity contribution >= 4 is 22.6 Å². The molecule has 4 rings (SSSR count). The molecular weight excluding hydrogens is 498 g/mol. The molecule has 1 unspecified atom stereocenters. The number of primary amides is 1. The Balaban J connectivity index is 1.80. The Morgan fingerprint density at radius 2 is 1.74 bits per heavy atom. The van der Waals surface area contributed by atoms with E-state index in [1.165, 1.54) is 6.07 Å². The first-order valence-corrected chi connectivity index (χ1v) is 11.6. The molecule has 0 aliphatic heterocycles. The van der Waals surface area contributed by atoms with Gasteiger partial charge in [-0.3, -0.25) is 4.79 Å². The number of imidazole rings is 1. The molecule has 0 aliphatic rings. The quantitative estimate of drug-likeness (QED) is 0.280. The van der Waals surface area contributed by atoms with Crippen LogP contribution in [0.3, 0.4) is 0 Å². The number of hydrogen-bond acceptors (Lipinski definition) is 4. The minimum Gasteiger partial charge on any atom is -0.370 e. The number of carbonyl (C=O) groups excluding carboxylic acids is 1. The molecule has 38 heavy (non-hydrogen) atoms. The van der Waals surface area contributed by atoms with Gasteiger partial charge in [0.2, 0.25) is 5.91 Å². The highest BCUT2D eigenvalue weighted by molar-refractivity contribution is 5.82. The highest BCUT2D eigenvalue weighted by atomic mass is 19.4. The SMILES string of the molecule is [CH2][CH]N([CH][CH2])c1ccc(-c2nc3cc(C(N)CC(N)=O)ccc3n2Cc2ccc(C(F)(F)F)c(F)c2)cc1. The minimum absolute atomic E-state index is 0.0472. The van der Waals surface area contributed by atoms with Crippen LogP contribution in [-0.2, 0) is 17.5 Å². The number of carbonyl (C=O) groups is 1. The van der Waals surface area contributed by atoms with Gasteiger partial charge in [0.25, 0.3) is 0 Å². The molecule has 4 aromatic rings. The predicted octanol–water partition coefficient (Wildman–Crippen LogP) is 5.58. The van der Waals surface area contributed by atoms with Gasteiger partial charge in [0, 0.05) is 43.3 Å². The molecule has 1 aromatic heterocycles. The first-order valence-electron chi connectivity index (χ1n) is 11.6. The lowest BCUT2D eigenvalue weighted by Crippen LogP contribution is -2.20. The molecule has 1 amide bonds. The van der Waals surface area contributed by atoms with E-state index in [0.29, 0.717) is 33.5 Å². The van der Waals surface area contributed by atoms with Crippen molar-refractivity contribution in [2.24, 2.45) is 11.5 Å². The van der Waals surface area contributed by atoms with Gasteiger partial charge in [0.05, 0.1) is 16.6 Å². The maximum absolute atomic E-state index is 14.3. The van der Waals surface area contributed by atoms with E-state index in [-0.39, 0.29) is 13.0 Å². The molecule has 6 nitrogen and oxygen atoms in total. The normalized spacial score (nSPS) is 12.6. The maximum Gasteiger partial charge on any atom is 0.419 e. The van der Waals surface area contributed by atoms with Crippen molar-refractivity contribution in [3.63, 3.8) is 0 Å². The third kappa shape index (κ3) is 5.65. The highest BCUT2D eigenvalue weighted by Gasteiger charge is 2.34. The third-order valence-corrected chi connectivity index (χ3v) is 6.12. The number of aromatic nitrogens is 2. The molecular formula is C28H25F4N5O. The fraction of sp³-hybridized carbons (Fsp3) is 0.143. The van der Waals surface area contributed by atoms with Crippen LogP contribution in [0.1, 0.15) is 29.2 Å². The van der Waals surface area contributed by atoms with E-state index >= 15 is 0 Å². The second-order valence-electron chi connectivity index (χ2n) is 8.68. The number of halogens is 4. The molecule has 0 aliphatic carbocycles. The molecule has 1 heterocycles. The Morgan fingerprint density at radius 1 is 1.05 bits per heavy atom. The second kappa shape index (κ2) is 10.8. The zero-order valence-corrected chi connectivity index (χ0v) is 20.3. The van der Waals surface area contributed by atoms with Crippen LogP contribution in [0.4, 0.5) is 23.2 Å². The van der Waals surface area contributed by atoms with Gasteiger partial charge >= 0.3 is 6.18 Å². The number of fused-ring (bicyclic) bond motifs is 1. The van der Waals surface area contributed by atoms with Crippen molar-refractivity contribution in [2.45, 2.75) is 25.2 Å². The molecule has 4 radical (unpaired) electrons. The van der Waals surface area contributed by atoms with Gasteiger partial charge in [-0.15, -0.1) is 0 Å². The Labute approximate surface area is 217 Å². The summed E-state index contributed by atoms with van der Waals surface area (Å²) in [4.78, 5) is 17.8. The number of nitrogens with two attached hydrogens (primary N) is 2. The zero-order chi connectivity index (χ0) is 27.6. The van der Waals surface area contributed by atoms with Crippen molar-refractivity contribution in [1.29, 1.82) is 0 Å². The fourth-order valence-corrected chi connectivity index (χ4v) is 4.23. The topological polar surface area (TPSA) is 90.2 Å². The van der Waals surface area contributed by atoms with Crippen molar-refractivity contribution in [2.75, 3.05) is 4.90 Å². The van der Waals surface area contributed by atoms with Crippen LogP contribution < -0.4 is 16.4 Å². The largest absolute Gasteiger partial charge is 0.419 e. The lowest BCUT2D eigenvalue weighted by Gasteiger charge is -2.20. The third-order valence-electron chi connectivity index (χ3n) is 6.12. The number of anilines is 1. The molecule has 1 atom stereocenters. The lowest BCUT2D eigenvalue weighted by atomic mass is 10.0. The molecule has 0 bridgehead atoms. The van der Waals surface area contributed by atoms with Gasteiger partial charge in [0.1, 0.15) is 11.6 Å². The molecule has 0 fully saturated rings. The summed E-state index contributed by atoms with van der Waals surface area (Å²) < 4.78 is 55.3. The monoisotopic (exact) mass is 523 g/mol. The number of hydrogen-bond donors (Lipinski definition) is 2. The molecule has 0 saturated carbocycles. The second-order valence-corrected chi connectivity index (χ2v) is 8.68. The van der Waals surface area contributed by atoms with Crippen molar-refractivity contribution in [3.8, 4) is 11.4 Å². The van der Waals surface area contributed by atoms with Gasteiger partial charge in [0.15, 0.2) is 0 Å². The molecule has 4 N–H and O–H groups in total. The van der Waals surface area contributed by atoms with E-state index in [2.05, 4.69) is 13.8 Å². The van der Waals surface area contributed by atoms with Crippen LogP contribution in [0.2, 0.25) is 0 Å². The van der Waals surface area contributed by atoms with E-state index in [1.54, 1.807) is 40.8 Å². The minimum atomic E-state index is -4.79. The Kier molecular flexibility index (Phi) is 7.73. The van der Waals surface area contributed by atoms with Crippen LogP contribution >= 0.6 is 0 Å². The van der Waals surface area contributed by atoms with Crippen LogP contribution in [0.15, 0.2) is 60.7 Å². The highest BCUT2D eigenvalue weighted by Crippen LogP contribution is 2.33. The van der Waals surface area contributed by atoms with Crippen LogP contribution in [0.5, 0.6) is 0 Å². The van der Waals surface area contributed by atoms with Crippen LogP contribution in [-0.4, -0.2) is 15.5 Å². The molecule has 0 spiro atoms. The van der Waals surface area contributed by atoms with Crippen LogP contribution in [0.25, 0.3) is 22.4 Å². The number of amides is 1. The van der Waals surface area contributed by atoms with Gasteiger partial charge in [-0.25, -0.2) is 9.37 Å². The van der Waals surface area contributed by atoms with Gasteiger partial charge in [-0.05, 0) is 73.5 Å². The van der Waals surface area contributed by atoms with E-state index in [4.69, 9.17) is 16.5 Å². The fourth-order valence-electron chi connectivity index (χ4n) is 4.23. The number of nitrogens with zero attached hydrogens (tertiary/aromatic N) is 3. The average molecular weight is 524 g/mol. The molecule has 0 saturated heterocycles. The lowest BCUT2D eigenvalue weighted by molar-refractivity contribution is -0.140. The smallest absolute Gasteiger partial charge is 0.370 e.